The number of pyridine rings is 1. The van der Waals surface area contributed by atoms with Gasteiger partial charge in [-0.25, -0.2) is 4.98 Å². The van der Waals surface area contributed by atoms with Gasteiger partial charge in [-0.15, -0.1) is 0 Å². The van der Waals surface area contributed by atoms with Crippen molar-refractivity contribution in [2.45, 2.75) is 26.8 Å². The summed E-state index contributed by atoms with van der Waals surface area (Å²) in [7, 11) is 0. The van der Waals surface area contributed by atoms with Crippen LogP contribution in [0.1, 0.15) is 26.0 Å². The number of ether oxygens (including phenoxy) is 1. The van der Waals surface area contributed by atoms with Gasteiger partial charge in [0, 0.05) is 44.1 Å². The molecule has 0 radical (unpaired) electrons. The minimum Gasteiger partial charge on any atom is -0.378 e. The summed E-state index contributed by atoms with van der Waals surface area (Å²) in [6.07, 6.45) is 4.57. The molecule has 0 aliphatic carbocycles. The van der Waals surface area contributed by atoms with Gasteiger partial charge in [-0.05, 0) is 25.5 Å². The summed E-state index contributed by atoms with van der Waals surface area (Å²) < 4.78 is 7.56. The Balaban J connectivity index is 2.03. The first-order valence-electron chi connectivity index (χ1n) is 8.92. The van der Waals surface area contributed by atoms with Crippen LogP contribution in [0.2, 0.25) is 0 Å². The lowest BCUT2D eigenvalue weighted by Crippen LogP contribution is -2.41. The van der Waals surface area contributed by atoms with Crippen LogP contribution in [0.3, 0.4) is 0 Å². The van der Waals surface area contributed by atoms with Crippen molar-refractivity contribution in [3.05, 3.63) is 30.2 Å². The number of hydrogen-bond acceptors (Lipinski definition) is 5. The van der Waals surface area contributed by atoms with Gasteiger partial charge in [0.25, 0.3) is 0 Å². The molecule has 3 rings (SSSR count). The van der Waals surface area contributed by atoms with E-state index in [-0.39, 0.29) is 0 Å². The van der Waals surface area contributed by atoms with Crippen molar-refractivity contribution in [3.8, 4) is 11.4 Å². The zero-order valence-electron chi connectivity index (χ0n) is 15.0. The first-order chi connectivity index (χ1) is 12.3. The number of rotatable bonds is 6. The Labute approximate surface area is 148 Å². The molecule has 2 aromatic rings. The van der Waals surface area contributed by atoms with E-state index >= 15 is 0 Å². The van der Waals surface area contributed by atoms with Crippen molar-refractivity contribution in [1.29, 1.82) is 5.41 Å². The lowest BCUT2D eigenvalue weighted by atomic mass is 10.2. The van der Waals surface area contributed by atoms with Gasteiger partial charge in [0.05, 0.1) is 13.2 Å². The van der Waals surface area contributed by atoms with Crippen molar-refractivity contribution in [2.75, 3.05) is 38.2 Å². The molecule has 1 aliphatic rings. The predicted molar refractivity (Wildman–Crippen MR) is 99.1 cm³/mol. The molecular weight excluding hydrogens is 316 g/mol. The van der Waals surface area contributed by atoms with Crippen molar-refractivity contribution in [3.63, 3.8) is 0 Å². The van der Waals surface area contributed by atoms with E-state index in [1.807, 2.05) is 17.0 Å². The molecule has 7 heteroatoms. The maximum Gasteiger partial charge on any atom is 0.151 e. The molecule has 0 spiro atoms. The molecule has 0 aromatic carbocycles. The highest BCUT2D eigenvalue weighted by Crippen LogP contribution is 2.27. The molecule has 1 aliphatic heterocycles. The van der Waals surface area contributed by atoms with E-state index in [2.05, 4.69) is 28.7 Å². The third-order valence-electron chi connectivity index (χ3n) is 4.32. The number of morpholine rings is 1. The van der Waals surface area contributed by atoms with Gasteiger partial charge in [-0.2, -0.15) is 0 Å². The van der Waals surface area contributed by atoms with Gasteiger partial charge in [-0.3, -0.25) is 10.4 Å². The van der Waals surface area contributed by atoms with Crippen LogP contribution in [0.4, 0.5) is 5.82 Å². The fraction of sp³-hybridized carbons (Fsp3) is 0.500. The molecule has 7 nitrogen and oxygen atoms in total. The number of nitrogens with one attached hydrogen (secondary N) is 2. The number of hydrogen-bond donors (Lipinski definition) is 2. The maximum atomic E-state index is 8.69. The number of anilines is 1. The van der Waals surface area contributed by atoms with E-state index in [1.54, 1.807) is 12.4 Å². The Morgan fingerprint density at radius 1 is 1.24 bits per heavy atom. The molecule has 0 bridgehead atoms. The van der Waals surface area contributed by atoms with Crippen LogP contribution >= 0.6 is 0 Å². The molecule has 2 aromatic heterocycles. The summed E-state index contributed by atoms with van der Waals surface area (Å²) in [6, 6.07) is 3.92. The topological polar surface area (TPSA) is 79.1 Å². The third-order valence-corrected chi connectivity index (χ3v) is 4.32. The third kappa shape index (κ3) is 3.66. The molecular formula is C18H26N6O. The molecule has 0 saturated carbocycles. The average Bonchev–Trinajstić information content (AvgIpc) is 3.05. The highest BCUT2D eigenvalue weighted by atomic mass is 16.5. The lowest BCUT2D eigenvalue weighted by molar-refractivity contribution is 0.0679. The van der Waals surface area contributed by atoms with Crippen molar-refractivity contribution >= 4 is 11.7 Å². The van der Waals surface area contributed by atoms with Crippen molar-refractivity contribution in [1.82, 2.24) is 19.4 Å². The second-order valence-corrected chi connectivity index (χ2v) is 5.99. The Kier molecular flexibility index (Phi) is 5.65. The van der Waals surface area contributed by atoms with E-state index < -0.39 is 0 Å². The van der Waals surface area contributed by atoms with Gasteiger partial charge in [0.15, 0.2) is 5.84 Å². The van der Waals surface area contributed by atoms with Crippen LogP contribution in [0.15, 0.2) is 24.5 Å². The van der Waals surface area contributed by atoms with Crippen LogP contribution in [0.25, 0.3) is 11.4 Å². The maximum absolute atomic E-state index is 8.69. The second kappa shape index (κ2) is 8.11. The first-order valence-corrected chi connectivity index (χ1v) is 8.92. The van der Waals surface area contributed by atoms with Gasteiger partial charge in [0.1, 0.15) is 17.3 Å². The van der Waals surface area contributed by atoms with Gasteiger partial charge in [0.2, 0.25) is 0 Å². The minimum atomic E-state index is 0.462. The zero-order chi connectivity index (χ0) is 17.6. The molecule has 0 atom stereocenters. The Bertz CT molecular complexity index is 706. The normalized spacial score (nSPS) is 14.6. The summed E-state index contributed by atoms with van der Waals surface area (Å²) >= 11 is 0. The largest absolute Gasteiger partial charge is 0.378 e. The molecule has 1 saturated heterocycles. The Morgan fingerprint density at radius 3 is 2.60 bits per heavy atom. The predicted octanol–water partition coefficient (Wildman–Crippen LogP) is 2.44. The molecule has 1 fully saturated rings. The van der Waals surface area contributed by atoms with Crippen LogP contribution < -0.4 is 5.32 Å². The average molecular weight is 342 g/mol. The molecule has 0 amide bonds. The van der Waals surface area contributed by atoms with E-state index in [9.17, 15) is 0 Å². The van der Waals surface area contributed by atoms with Crippen molar-refractivity contribution in [2.24, 2.45) is 0 Å². The van der Waals surface area contributed by atoms with E-state index in [0.717, 1.165) is 49.8 Å². The van der Waals surface area contributed by atoms with E-state index in [1.165, 1.54) is 0 Å². The zero-order valence-corrected chi connectivity index (χ0v) is 15.0. The lowest BCUT2D eigenvalue weighted by Gasteiger charge is -2.28. The minimum absolute atomic E-state index is 0.462. The SMILES string of the molecule is CCCNc1c(C(=N)N2CCOCC2)nc(-c2ccncc2)n1CC. The summed E-state index contributed by atoms with van der Waals surface area (Å²) in [5.74, 6) is 2.26. The second-order valence-electron chi connectivity index (χ2n) is 5.99. The highest BCUT2D eigenvalue weighted by Gasteiger charge is 2.24. The van der Waals surface area contributed by atoms with E-state index in [4.69, 9.17) is 15.1 Å². The van der Waals surface area contributed by atoms with E-state index in [0.29, 0.717) is 24.7 Å². The fourth-order valence-corrected chi connectivity index (χ4v) is 3.01. The van der Waals surface area contributed by atoms with Gasteiger partial charge >= 0.3 is 0 Å². The number of aromatic nitrogens is 3. The number of imidazole rings is 1. The van der Waals surface area contributed by atoms with Gasteiger partial charge in [-0.1, -0.05) is 6.92 Å². The van der Waals surface area contributed by atoms with Crippen molar-refractivity contribution < 1.29 is 4.74 Å². The molecule has 2 N–H and O–H groups in total. The summed E-state index contributed by atoms with van der Waals surface area (Å²) in [6.45, 7) is 8.66. The molecule has 134 valence electrons. The number of nitrogens with zero attached hydrogens (tertiary/aromatic N) is 4. The van der Waals surface area contributed by atoms with Crippen LogP contribution in [-0.4, -0.2) is 58.1 Å². The quantitative estimate of drug-likeness (QED) is 0.623. The first kappa shape index (κ1) is 17.4. The van der Waals surface area contributed by atoms with Crippen LogP contribution in [-0.2, 0) is 11.3 Å². The van der Waals surface area contributed by atoms with Gasteiger partial charge < -0.3 is 19.5 Å². The Hall–Kier alpha value is -2.41. The standard InChI is InChI=1S/C18H26N6O/c1-3-7-21-18-15(16(19)23-10-12-25-13-11-23)22-17(24(18)4-2)14-5-8-20-9-6-14/h5-6,8-9,19,21H,3-4,7,10-13H2,1-2H3. The molecule has 3 heterocycles. The monoisotopic (exact) mass is 342 g/mol. The summed E-state index contributed by atoms with van der Waals surface area (Å²) in [5.41, 5.74) is 1.72. The van der Waals surface area contributed by atoms with Crippen LogP contribution in [0.5, 0.6) is 0 Å². The highest BCUT2D eigenvalue weighted by molar-refractivity contribution is 6.00. The number of amidine groups is 1. The smallest absolute Gasteiger partial charge is 0.151 e. The molecule has 25 heavy (non-hydrogen) atoms. The Morgan fingerprint density at radius 2 is 1.96 bits per heavy atom. The van der Waals surface area contributed by atoms with Crippen LogP contribution in [0, 0.1) is 5.41 Å². The summed E-state index contributed by atoms with van der Waals surface area (Å²) in [4.78, 5) is 11.0. The molecule has 0 unspecified atom stereocenters. The summed E-state index contributed by atoms with van der Waals surface area (Å²) in [5, 5.41) is 12.2. The fourth-order valence-electron chi connectivity index (χ4n) is 3.01.